The van der Waals surface area contributed by atoms with E-state index < -0.39 is 0 Å². The summed E-state index contributed by atoms with van der Waals surface area (Å²) < 4.78 is 16.4. The Morgan fingerprint density at radius 1 is 0.902 bits per heavy atom. The summed E-state index contributed by atoms with van der Waals surface area (Å²) >= 11 is 0. The molecule has 8 nitrogen and oxygen atoms in total. The number of nitrogens with zero attached hydrogens (tertiary/aromatic N) is 6. The highest BCUT2D eigenvalue weighted by molar-refractivity contribution is 5.66. The van der Waals surface area contributed by atoms with Crippen LogP contribution in [0.15, 0.2) is 85.2 Å². The normalized spacial score (nSPS) is 14.1. The number of hydrogen-bond donors (Lipinski definition) is 0. The molecular weight excluding hydrogens is 512 g/mol. The van der Waals surface area contributed by atoms with Crippen LogP contribution in [0.1, 0.15) is 65.0 Å². The Morgan fingerprint density at radius 3 is 2.41 bits per heavy atom. The third kappa shape index (κ3) is 4.32. The van der Waals surface area contributed by atoms with E-state index in [1.807, 2.05) is 60.1 Å². The van der Waals surface area contributed by atoms with E-state index in [9.17, 15) is 0 Å². The molecular formula is C33H30N6O2. The third-order valence-corrected chi connectivity index (χ3v) is 7.55. The van der Waals surface area contributed by atoms with Crippen LogP contribution in [0, 0.1) is 13.8 Å². The van der Waals surface area contributed by atoms with E-state index in [4.69, 9.17) is 29.6 Å². The van der Waals surface area contributed by atoms with E-state index in [0.717, 1.165) is 44.9 Å². The predicted molar refractivity (Wildman–Crippen MR) is 156 cm³/mol. The second-order valence-electron chi connectivity index (χ2n) is 10.7. The molecule has 204 valence electrons. The lowest BCUT2D eigenvalue weighted by Gasteiger charge is -2.26. The molecule has 0 aliphatic carbocycles. The van der Waals surface area contributed by atoms with Gasteiger partial charge in [0.05, 0.1) is 28.4 Å². The van der Waals surface area contributed by atoms with E-state index in [0.29, 0.717) is 29.1 Å². The van der Waals surface area contributed by atoms with Crippen LogP contribution in [0.25, 0.3) is 11.3 Å². The zero-order chi connectivity index (χ0) is 28.1. The average Bonchev–Trinajstić information content (AvgIpc) is 3.56. The van der Waals surface area contributed by atoms with Crippen LogP contribution in [0.3, 0.4) is 0 Å². The predicted octanol–water partition coefficient (Wildman–Crippen LogP) is 6.92. The lowest BCUT2D eigenvalue weighted by Crippen LogP contribution is -2.16. The molecule has 1 atom stereocenters. The first-order valence-corrected chi connectivity index (χ1v) is 13.8. The maximum Gasteiger partial charge on any atom is 0.230 e. The van der Waals surface area contributed by atoms with Crippen LogP contribution >= 0.6 is 0 Å². The van der Waals surface area contributed by atoms with E-state index in [2.05, 4.69) is 51.1 Å². The Bertz CT molecular complexity index is 1880. The average molecular weight is 543 g/mol. The zero-order valence-corrected chi connectivity index (χ0v) is 23.4. The highest BCUT2D eigenvalue weighted by Gasteiger charge is 2.38. The summed E-state index contributed by atoms with van der Waals surface area (Å²) in [6, 6.07) is 26.7. The molecule has 1 aliphatic rings. The van der Waals surface area contributed by atoms with Crippen molar-refractivity contribution >= 4 is 5.65 Å². The molecule has 6 aromatic rings. The van der Waals surface area contributed by atoms with Gasteiger partial charge in [0.15, 0.2) is 11.5 Å². The van der Waals surface area contributed by atoms with Gasteiger partial charge in [0, 0.05) is 0 Å². The van der Waals surface area contributed by atoms with E-state index in [-0.39, 0.29) is 12.5 Å². The van der Waals surface area contributed by atoms with Gasteiger partial charge in [-0.3, -0.25) is 0 Å². The molecule has 0 radical (unpaired) electrons. The number of hydrogen-bond acceptors (Lipinski definition) is 6. The van der Waals surface area contributed by atoms with Gasteiger partial charge in [-0.05, 0) is 54.7 Å². The molecule has 0 saturated heterocycles. The Morgan fingerprint density at radius 2 is 1.66 bits per heavy atom. The van der Waals surface area contributed by atoms with Gasteiger partial charge in [-0.25, -0.2) is 19.2 Å². The number of rotatable bonds is 6. The fourth-order valence-corrected chi connectivity index (χ4v) is 5.59. The van der Waals surface area contributed by atoms with Crippen LogP contribution in [0.2, 0.25) is 0 Å². The fourth-order valence-electron chi connectivity index (χ4n) is 5.59. The number of benzene rings is 3. The molecule has 0 unspecified atom stereocenters. The molecule has 0 spiro atoms. The van der Waals surface area contributed by atoms with Crippen molar-refractivity contribution in [3.8, 4) is 23.2 Å². The lowest BCUT2D eigenvalue weighted by atomic mass is 9.84. The van der Waals surface area contributed by atoms with Crippen molar-refractivity contribution in [1.29, 1.82) is 0 Å². The molecule has 0 bridgehead atoms. The Hall–Kier alpha value is -4.98. The van der Waals surface area contributed by atoms with Crippen molar-refractivity contribution < 1.29 is 9.47 Å². The minimum Gasteiger partial charge on any atom is -0.485 e. The van der Waals surface area contributed by atoms with Gasteiger partial charge >= 0.3 is 0 Å². The summed E-state index contributed by atoms with van der Waals surface area (Å²) in [6.07, 6.45) is 1.65. The maximum atomic E-state index is 6.51. The quantitative estimate of drug-likeness (QED) is 0.227. The van der Waals surface area contributed by atoms with Crippen molar-refractivity contribution in [3.05, 3.63) is 125 Å². The highest BCUT2D eigenvalue weighted by atomic mass is 16.5. The standard InChI is InChI=1S/C33H30N6O2/c1-20(2)25-16-15-21(3)17-26(25)40-18-27-35-31-30-29(23-11-7-5-8-12-23)28-22(4)36-39(24-13-9-6-10-14-24)33(28)41-32(30)34-19-38(31)37-27/h5-17,19-20,29H,18H2,1-4H3/t29-/m1/s1. The second-order valence-corrected chi connectivity index (χ2v) is 10.7. The van der Waals surface area contributed by atoms with Gasteiger partial charge in [-0.1, -0.05) is 74.5 Å². The molecule has 0 saturated carbocycles. The van der Waals surface area contributed by atoms with Gasteiger partial charge < -0.3 is 9.47 Å². The van der Waals surface area contributed by atoms with Crippen LogP contribution < -0.4 is 9.47 Å². The van der Waals surface area contributed by atoms with Gasteiger partial charge in [-0.2, -0.15) is 5.10 Å². The summed E-state index contributed by atoms with van der Waals surface area (Å²) in [5.41, 5.74) is 7.76. The van der Waals surface area contributed by atoms with E-state index in [1.54, 1.807) is 10.8 Å². The minimum absolute atomic E-state index is 0.189. The summed E-state index contributed by atoms with van der Waals surface area (Å²) in [5, 5.41) is 9.63. The first-order valence-electron chi connectivity index (χ1n) is 13.8. The molecule has 4 heterocycles. The lowest BCUT2D eigenvalue weighted by molar-refractivity contribution is 0.291. The monoisotopic (exact) mass is 542 g/mol. The molecule has 0 amide bonds. The van der Waals surface area contributed by atoms with Crippen molar-refractivity contribution in [2.45, 2.75) is 46.1 Å². The number of ether oxygens (including phenoxy) is 2. The largest absolute Gasteiger partial charge is 0.485 e. The fraction of sp³-hybridized carbons (Fsp3) is 0.212. The number of fused-ring (bicyclic) bond motifs is 4. The Labute approximate surface area is 238 Å². The smallest absolute Gasteiger partial charge is 0.230 e. The van der Waals surface area contributed by atoms with Crippen LogP contribution in [0.5, 0.6) is 17.5 Å². The molecule has 1 aliphatic heterocycles. The molecule has 41 heavy (non-hydrogen) atoms. The first-order chi connectivity index (χ1) is 20.0. The summed E-state index contributed by atoms with van der Waals surface area (Å²) in [6.45, 7) is 8.66. The van der Waals surface area contributed by atoms with Gasteiger partial charge in [0.1, 0.15) is 18.7 Å². The van der Waals surface area contributed by atoms with Crippen molar-refractivity contribution in [2.24, 2.45) is 0 Å². The molecule has 3 aromatic heterocycles. The van der Waals surface area contributed by atoms with Gasteiger partial charge in [0.25, 0.3) is 0 Å². The summed E-state index contributed by atoms with van der Waals surface area (Å²) in [7, 11) is 0. The van der Waals surface area contributed by atoms with Crippen molar-refractivity contribution in [1.82, 2.24) is 29.4 Å². The number of para-hydroxylation sites is 1. The SMILES string of the molecule is Cc1ccc(C(C)C)c(OCc2nc3c4c(ncn3n2)Oc2c(c(C)nn2-c2ccccc2)[C@H]4c2ccccc2)c1. The molecule has 0 N–H and O–H groups in total. The molecule has 0 fully saturated rings. The molecule has 7 rings (SSSR count). The highest BCUT2D eigenvalue weighted by Crippen LogP contribution is 2.49. The summed E-state index contributed by atoms with van der Waals surface area (Å²) in [5.74, 6) is 2.75. The van der Waals surface area contributed by atoms with Crippen LogP contribution in [-0.2, 0) is 6.61 Å². The topological polar surface area (TPSA) is 79.4 Å². The zero-order valence-electron chi connectivity index (χ0n) is 23.4. The maximum absolute atomic E-state index is 6.51. The molecule has 3 aromatic carbocycles. The Kier molecular flexibility index (Phi) is 6.03. The van der Waals surface area contributed by atoms with Crippen LogP contribution in [0.4, 0.5) is 0 Å². The van der Waals surface area contributed by atoms with E-state index >= 15 is 0 Å². The minimum atomic E-state index is -0.189. The molecule has 8 heteroatoms. The summed E-state index contributed by atoms with van der Waals surface area (Å²) in [4.78, 5) is 9.66. The van der Waals surface area contributed by atoms with E-state index in [1.165, 1.54) is 0 Å². The third-order valence-electron chi connectivity index (χ3n) is 7.55. The number of aryl methyl sites for hydroxylation is 2. The first kappa shape index (κ1) is 25.0. The van der Waals surface area contributed by atoms with Crippen LogP contribution in [-0.4, -0.2) is 29.4 Å². The van der Waals surface area contributed by atoms with Gasteiger partial charge in [-0.15, -0.1) is 5.10 Å². The number of aromatic nitrogens is 6. The van der Waals surface area contributed by atoms with Crippen molar-refractivity contribution in [3.63, 3.8) is 0 Å². The Balaban J connectivity index is 1.34. The van der Waals surface area contributed by atoms with Crippen molar-refractivity contribution in [2.75, 3.05) is 0 Å². The second kappa shape index (κ2) is 9.89. The van der Waals surface area contributed by atoms with Gasteiger partial charge in [0.2, 0.25) is 11.8 Å².